The Bertz CT molecular complexity index is 1200. The Labute approximate surface area is 264 Å². The predicted molar refractivity (Wildman–Crippen MR) is 175 cm³/mol. The number of rotatable bonds is 10. The van der Waals surface area contributed by atoms with Crippen LogP contribution in [0.25, 0.3) is 0 Å². The van der Waals surface area contributed by atoms with Crippen LogP contribution in [0.3, 0.4) is 0 Å². The number of benzene rings is 3. The first-order chi connectivity index (χ1) is 21.2. The van der Waals surface area contributed by atoms with Gasteiger partial charge in [0, 0.05) is 12.0 Å². The second kappa shape index (κ2) is 22.5. The van der Waals surface area contributed by atoms with E-state index in [9.17, 15) is 5.26 Å². The van der Waals surface area contributed by atoms with Gasteiger partial charge in [-0.05, 0) is 61.9 Å². The van der Waals surface area contributed by atoms with Crippen molar-refractivity contribution >= 4 is 0 Å². The molecule has 1 saturated heterocycles. The molecular formula is C37H48N2O5. The summed E-state index contributed by atoms with van der Waals surface area (Å²) in [5.74, 6) is -0.296. The lowest BCUT2D eigenvalue weighted by atomic mass is 9.96. The van der Waals surface area contributed by atoms with Crippen LogP contribution in [-0.4, -0.2) is 48.0 Å². The maximum atomic E-state index is 9.23. The van der Waals surface area contributed by atoms with Crippen LogP contribution in [0.15, 0.2) is 103 Å². The van der Waals surface area contributed by atoms with E-state index in [0.29, 0.717) is 24.5 Å². The van der Waals surface area contributed by atoms with Crippen molar-refractivity contribution in [1.82, 2.24) is 0 Å². The average Bonchev–Trinajstić information content (AvgIpc) is 3.38. The lowest BCUT2D eigenvalue weighted by Gasteiger charge is -2.15. The van der Waals surface area contributed by atoms with Crippen LogP contribution >= 0.6 is 0 Å². The highest BCUT2D eigenvalue weighted by Gasteiger charge is 2.33. The van der Waals surface area contributed by atoms with Gasteiger partial charge in [-0.1, -0.05) is 99.6 Å². The molecule has 2 N–H and O–H groups in total. The van der Waals surface area contributed by atoms with Crippen molar-refractivity contribution in [2.45, 2.75) is 71.9 Å². The number of hydrogen-bond donors (Lipinski definition) is 2. The van der Waals surface area contributed by atoms with Gasteiger partial charge in [0.15, 0.2) is 5.79 Å². The van der Waals surface area contributed by atoms with Crippen molar-refractivity contribution in [2.24, 2.45) is 5.92 Å². The number of aliphatic hydroxyl groups is 2. The van der Waals surface area contributed by atoms with Gasteiger partial charge in [0.1, 0.15) is 19.0 Å². The van der Waals surface area contributed by atoms with Gasteiger partial charge < -0.3 is 24.4 Å². The molecule has 7 heteroatoms. The van der Waals surface area contributed by atoms with E-state index < -0.39 is 5.79 Å². The maximum Gasteiger partial charge on any atom is 0.156 e. The van der Waals surface area contributed by atoms with Gasteiger partial charge in [0.25, 0.3) is 0 Å². The second-order valence-electron chi connectivity index (χ2n) is 10.5. The summed E-state index contributed by atoms with van der Waals surface area (Å²) in [5.41, 5.74) is 3.37. The molecule has 0 saturated carbocycles. The molecule has 1 heterocycles. The zero-order valence-electron chi connectivity index (χ0n) is 26.7. The van der Waals surface area contributed by atoms with E-state index in [-0.39, 0.29) is 25.4 Å². The molecule has 44 heavy (non-hydrogen) atoms. The van der Waals surface area contributed by atoms with Gasteiger partial charge in [-0.3, -0.25) is 0 Å². The minimum atomic E-state index is -1.50. The summed E-state index contributed by atoms with van der Waals surface area (Å²) in [6.07, 6.45) is 4.29. The summed E-state index contributed by atoms with van der Waals surface area (Å²) in [7, 11) is 0. The summed E-state index contributed by atoms with van der Waals surface area (Å²) >= 11 is 0. The van der Waals surface area contributed by atoms with Crippen molar-refractivity contribution in [3.63, 3.8) is 0 Å². The quantitative estimate of drug-likeness (QED) is 0.143. The first-order valence-corrected chi connectivity index (χ1v) is 15.1. The summed E-state index contributed by atoms with van der Waals surface area (Å²) in [6, 6.07) is 34.8. The molecule has 3 atom stereocenters. The van der Waals surface area contributed by atoms with Crippen molar-refractivity contribution in [2.75, 3.05) is 19.8 Å². The Balaban J connectivity index is 0.000000402. The van der Waals surface area contributed by atoms with Crippen LogP contribution < -0.4 is 4.74 Å². The lowest BCUT2D eigenvalue weighted by molar-refractivity contribution is -0.127. The topological polar surface area (TPSA) is 116 Å². The summed E-state index contributed by atoms with van der Waals surface area (Å²) < 4.78 is 16.9. The molecule has 0 spiro atoms. The highest BCUT2D eigenvalue weighted by atomic mass is 16.5. The van der Waals surface area contributed by atoms with Gasteiger partial charge in [-0.15, -0.1) is 0 Å². The molecule has 3 aromatic carbocycles. The zero-order chi connectivity index (χ0) is 32.6. The predicted octanol–water partition coefficient (Wildman–Crippen LogP) is 7.25. The van der Waals surface area contributed by atoms with Crippen LogP contribution in [0.2, 0.25) is 0 Å². The maximum absolute atomic E-state index is 9.23. The third-order valence-corrected chi connectivity index (χ3v) is 6.09. The monoisotopic (exact) mass is 600 g/mol. The fourth-order valence-corrected chi connectivity index (χ4v) is 4.15. The Morgan fingerprint density at radius 2 is 1.41 bits per heavy atom. The van der Waals surface area contributed by atoms with Gasteiger partial charge in [0.05, 0.1) is 31.0 Å². The number of nitriles is 2. The largest absolute Gasteiger partial charge is 0.491 e. The molecule has 1 aliphatic heterocycles. The SMILES string of the molecule is CC.CC(C)(O)O.C[C@H]1CC(COc2ccccc2)OC1C/C(C#N)=C/COCC#N.c1ccc(Cc2ccccc2)cc1. The average molecular weight is 601 g/mol. The van der Waals surface area contributed by atoms with Crippen LogP contribution in [0, 0.1) is 28.6 Å². The van der Waals surface area contributed by atoms with E-state index in [1.54, 1.807) is 6.08 Å². The molecule has 7 nitrogen and oxygen atoms in total. The molecule has 0 amide bonds. The first-order valence-electron chi connectivity index (χ1n) is 15.1. The van der Waals surface area contributed by atoms with E-state index in [1.165, 1.54) is 25.0 Å². The van der Waals surface area contributed by atoms with Crippen molar-refractivity contribution in [1.29, 1.82) is 10.5 Å². The minimum Gasteiger partial charge on any atom is -0.491 e. The van der Waals surface area contributed by atoms with E-state index in [2.05, 4.69) is 73.7 Å². The molecule has 236 valence electrons. The normalized spacial score (nSPS) is 17.2. The smallest absolute Gasteiger partial charge is 0.156 e. The van der Waals surface area contributed by atoms with Crippen LogP contribution in [0.4, 0.5) is 0 Å². The van der Waals surface area contributed by atoms with Gasteiger partial charge in [0.2, 0.25) is 0 Å². The first kappa shape index (κ1) is 38.0. The second-order valence-corrected chi connectivity index (χ2v) is 10.5. The molecule has 4 rings (SSSR count). The summed E-state index contributed by atoms with van der Waals surface area (Å²) in [5, 5.41) is 33.8. The summed E-state index contributed by atoms with van der Waals surface area (Å²) in [6.45, 7) is 9.55. The van der Waals surface area contributed by atoms with Crippen LogP contribution in [0.1, 0.15) is 58.6 Å². The Morgan fingerprint density at radius 3 is 1.89 bits per heavy atom. The number of ether oxygens (including phenoxy) is 3. The highest BCUT2D eigenvalue weighted by Crippen LogP contribution is 2.30. The minimum absolute atomic E-state index is 0.0104. The number of nitrogens with zero attached hydrogens (tertiary/aromatic N) is 2. The molecule has 0 aromatic heterocycles. The Kier molecular flexibility index (Phi) is 19.5. The van der Waals surface area contributed by atoms with Gasteiger partial charge in [-0.25, -0.2) is 0 Å². The molecule has 2 unspecified atom stereocenters. The number of para-hydroxylation sites is 1. The fraction of sp³-hybridized carbons (Fsp3) is 0.405. The van der Waals surface area contributed by atoms with E-state index in [4.69, 9.17) is 29.7 Å². The highest BCUT2D eigenvalue weighted by molar-refractivity contribution is 5.25. The molecule has 1 aliphatic rings. The molecular weight excluding hydrogens is 552 g/mol. The third-order valence-electron chi connectivity index (χ3n) is 6.09. The van der Waals surface area contributed by atoms with E-state index >= 15 is 0 Å². The summed E-state index contributed by atoms with van der Waals surface area (Å²) in [4.78, 5) is 0. The van der Waals surface area contributed by atoms with Crippen molar-refractivity contribution < 1.29 is 24.4 Å². The van der Waals surface area contributed by atoms with Crippen molar-refractivity contribution in [3.8, 4) is 17.9 Å². The third kappa shape index (κ3) is 18.5. The zero-order valence-corrected chi connectivity index (χ0v) is 26.7. The fourth-order valence-electron chi connectivity index (χ4n) is 4.15. The Hall–Kier alpha value is -3.98. The van der Waals surface area contributed by atoms with E-state index in [0.717, 1.165) is 18.6 Å². The standard InChI is InChI=1S/C19H22N2O3.C13H12.C3H8O2.C2H6/c1-15-11-18(14-23-17-5-3-2-4-6-17)24-19(15)12-16(13-21)7-9-22-10-8-20;1-3-7-12(8-4-1)11-13-9-5-2-6-10-13;1-3(2,4)5;1-2/h2-7,15,18-19H,9-12,14H2,1H3;1-10H,11H2;4-5H,1-2H3;1-2H3/b16-7-;;;/t15-,18?,19?;;;/m0.../s1. The van der Waals surface area contributed by atoms with Gasteiger partial charge >= 0.3 is 0 Å². The Morgan fingerprint density at radius 1 is 0.909 bits per heavy atom. The van der Waals surface area contributed by atoms with Crippen LogP contribution in [0.5, 0.6) is 5.75 Å². The lowest BCUT2D eigenvalue weighted by Crippen LogP contribution is -2.19. The number of hydrogen-bond acceptors (Lipinski definition) is 7. The molecule has 0 aliphatic carbocycles. The molecule has 1 fully saturated rings. The van der Waals surface area contributed by atoms with E-state index in [1.807, 2.05) is 50.2 Å². The van der Waals surface area contributed by atoms with Crippen LogP contribution in [-0.2, 0) is 15.9 Å². The van der Waals surface area contributed by atoms with Crippen molar-refractivity contribution in [3.05, 3.63) is 114 Å². The molecule has 0 radical (unpaired) electrons. The molecule has 3 aromatic rings. The van der Waals surface area contributed by atoms with Gasteiger partial charge in [-0.2, -0.15) is 10.5 Å². The molecule has 0 bridgehead atoms.